The molecule has 4 heteroatoms. The van der Waals surface area contributed by atoms with Crippen LogP contribution in [0.4, 0.5) is 0 Å². The number of carbonyl (C=O) groups is 1. The number of nitrogens with zero attached hydrogens (tertiary/aromatic N) is 1. The van der Waals surface area contributed by atoms with E-state index in [0.29, 0.717) is 6.54 Å². The van der Waals surface area contributed by atoms with E-state index in [1.54, 1.807) is 12.0 Å². The van der Waals surface area contributed by atoms with E-state index in [-0.39, 0.29) is 5.91 Å². The Bertz CT molecular complexity index is 464. The fraction of sp³-hybridized carbons (Fsp3) is 0.588. The summed E-state index contributed by atoms with van der Waals surface area (Å²) in [5.74, 6) is 0.0890. The molecule has 0 unspecified atom stereocenters. The maximum absolute atomic E-state index is 12.8. The zero-order valence-corrected chi connectivity index (χ0v) is 13.3. The van der Waals surface area contributed by atoms with E-state index in [4.69, 9.17) is 4.74 Å². The highest BCUT2D eigenvalue weighted by molar-refractivity contribution is 5.85. The van der Waals surface area contributed by atoms with Crippen LogP contribution in [0.25, 0.3) is 0 Å². The molecule has 0 saturated carbocycles. The number of rotatable bonds is 5. The number of ether oxygens (including phenoxy) is 1. The van der Waals surface area contributed by atoms with Crippen LogP contribution < -0.4 is 5.32 Å². The van der Waals surface area contributed by atoms with Crippen molar-refractivity contribution in [1.82, 2.24) is 10.2 Å². The fourth-order valence-corrected chi connectivity index (χ4v) is 2.91. The van der Waals surface area contributed by atoms with E-state index in [2.05, 4.69) is 36.5 Å². The average molecular weight is 290 g/mol. The molecule has 0 atom stereocenters. The highest BCUT2D eigenvalue weighted by atomic mass is 16.5. The molecule has 1 aliphatic rings. The van der Waals surface area contributed by atoms with Gasteiger partial charge in [0.25, 0.3) is 5.91 Å². The molecule has 1 saturated heterocycles. The Kier molecular flexibility index (Phi) is 5.37. The second-order valence-electron chi connectivity index (χ2n) is 5.78. The molecule has 1 fully saturated rings. The van der Waals surface area contributed by atoms with Crippen LogP contribution in [-0.2, 0) is 22.5 Å². The fourth-order valence-electron chi connectivity index (χ4n) is 2.91. The Morgan fingerprint density at radius 1 is 1.24 bits per heavy atom. The summed E-state index contributed by atoms with van der Waals surface area (Å²) in [5, 5.41) is 3.28. The third-order valence-electron chi connectivity index (χ3n) is 4.39. The second kappa shape index (κ2) is 7.05. The van der Waals surface area contributed by atoms with Crippen molar-refractivity contribution in [2.24, 2.45) is 0 Å². The van der Waals surface area contributed by atoms with Crippen LogP contribution in [0.2, 0.25) is 0 Å². The Morgan fingerprint density at radius 2 is 1.81 bits per heavy atom. The predicted molar refractivity (Wildman–Crippen MR) is 84.1 cm³/mol. The maximum atomic E-state index is 12.8. The largest absolute Gasteiger partial charge is 0.368 e. The lowest BCUT2D eigenvalue weighted by molar-refractivity contribution is -0.157. The van der Waals surface area contributed by atoms with Crippen molar-refractivity contribution in [3.05, 3.63) is 35.4 Å². The summed E-state index contributed by atoms with van der Waals surface area (Å²) in [7, 11) is 3.51. The summed E-state index contributed by atoms with van der Waals surface area (Å²) < 4.78 is 5.60. The molecule has 2 rings (SSSR count). The molecule has 1 N–H and O–H groups in total. The van der Waals surface area contributed by atoms with E-state index in [1.807, 2.05) is 7.05 Å². The van der Waals surface area contributed by atoms with Crippen LogP contribution in [0.1, 0.15) is 30.9 Å². The first-order chi connectivity index (χ1) is 10.1. The number of aryl methyl sites for hydroxylation is 1. The van der Waals surface area contributed by atoms with Crippen LogP contribution in [-0.4, -0.2) is 43.7 Å². The summed E-state index contributed by atoms with van der Waals surface area (Å²) in [6, 6.07) is 8.46. The molecular formula is C17H26N2O2. The third kappa shape index (κ3) is 3.63. The van der Waals surface area contributed by atoms with Crippen molar-refractivity contribution in [1.29, 1.82) is 0 Å². The summed E-state index contributed by atoms with van der Waals surface area (Å²) in [6.07, 6.45) is 2.51. The van der Waals surface area contributed by atoms with E-state index < -0.39 is 5.60 Å². The van der Waals surface area contributed by atoms with Crippen molar-refractivity contribution >= 4 is 5.91 Å². The zero-order chi connectivity index (χ0) is 15.3. The van der Waals surface area contributed by atoms with Crippen molar-refractivity contribution in [2.45, 2.75) is 38.3 Å². The number of carbonyl (C=O) groups excluding carboxylic acids is 1. The average Bonchev–Trinajstić information content (AvgIpc) is 2.55. The van der Waals surface area contributed by atoms with Crippen LogP contribution in [0.3, 0.4) is 0 Å². The summed E-state index contributed by atoms with van der Waals surface area (Å²) in [6.45, 7) is 4.43. The monoisotopic (exact) mass is 290 g/mol. The zero-order valence-electron chi connectivity index (χ0n) is 13.3. The van der Waals surface area contributed by atoms with Gasteiger partial charge in [0, 0.05) is 20.7 Å². The number of hydrogen-bond acceptors (Lipinski definition) is 3. The molecule has 1 amide bonds. The summed E-state index contributed by atoms with van der Waals surface area (Å²) >= 11 is 0. The number of hydrogen-bond donors (Lipinski definition) is 1. The van der Waals surface area contributed by atoms with Gasteiger partial charge in [0.2, 0.25) is 0 Å². The van der Waals surface area contributed by atoms with Crippen LogP contribution in [0.15, 0.2) is 24.3 Å². The number of piperidine rings is 1. The molecule has 0 spiro atoms. The molecule has 116 valence electrons. The molecule has 21 heavy (non-hydrogen) atoms. The lowest BCUT2D eigenvalue weighted by Gasteiger charge is -2.37. The van der Waals surface area contributed by atoms with Gasteiger partial charge in [-0.1, -0.05) is 31.2 Å². The molecule has 1 aliphatic heterocycles. The highest BCUT2D eigenvalue weighted by Gasteiger charge is 2.41. The molecule has 0 radical (unpaired) electrons. The number of amides is 1. The van der Waals surface area contributed by atoms with Crippen LogP contribution >= 0.6 is 0 Å². The Hall–Kier alpha value is -1.39. The number of likely N-dealkylation sites (N-methyl/N-ethyl adjacent to an activating group) is 1. The van der Waals surface area contributed by atoms with Gasteiger partial charge in [0.1, 0.15) is 5.60 Å². The first kappa shape index (κ1) is 16.0. The van der Waals surface area contributed by atoms with Crippen LogP contribution in [0.5, 0.6) is 0 Å². The van der Waals surface area contributed by atoms with E-state index >= 15 is 0 Å². The lowest BCUT2D eigenvalue weighted by Crippen LogP contribution is -2.54. The normalized spacial score (nSPS) is 17.5. The van der Waals surface area contributed by atoms with Gasteiger partial charge in [-0.3, -0.25) is 4.79 Å². The highest BCUT2D eigenvalue weighted by Crippen LogP contribution is 2.25. The summed E-state index contributed by atoms with van der Waals surface area (Å²) in [4.78, 5) is 14.5. The van der Waals surface area contributed by atoms with Crippen LogP contribution in [0, 0.1) is 0 Å². The van der Waals surface area contributed by atoms with Gasteiger partial charge < -0.3 is 15.0 Å². The third-order valence-corrected chi connectivity index (χ3v) is 4.39. The minimum atomic E-state index is -0.649. The smallest absolute Gasteiger partial charge is 0.254 e. The standard InChI is InChI=1S/C17H26N2O2/c1-4-14-5-7-15(8-6-14)13-19(2)16(20)17(21-3)9-11-18-12-10-17/h5-8,18H,4,9-13H2,1-3H3. The number of methoxy groups -OCH3 is 1. The first-order valence-corrected chi connectivity index (χ1v) is 7.70. The molecule has 1 aromatic rings. The number of benzene rings is 1. The Labute approximate surface area is 127 Å². The first-order valence-electron chi connectivity index (χ1n) is 7.70. The van der Waals surface area contributed by atoms with E-state index in [1.165, 1.54) is 5.56 Å². The predicted octanol–water partition coefficient (Wildman–Crippen LogP) is 1.98. The van der Waals surface area contributed by atoms with Gasteiger partial charge in [-0.2, -0.15) is 0 Å². The van der Waals surface area contributed by atoms with Gasteiger partial charge in [-0.05, 0) is 43.5 Å². The topological polar surface area (TPSA) is 41.6 Å². The quantitative estimate of drug-likeness (QED) is 0.901. The van der Waals surface area contributed by atoms with Crippen molar-refractivity contribution in [3.63, 3.8) is 0 Å². The second-order valence-corrected chi connectivity index (χ2v) is 5.78. The Morgan fingerprint density at radius 3 is 2.33 bits per heavy atom. The van der Waals surface area contributed by atoms with E-state index in [9.17, 15) is 4.79 Å². The van der Waals surface area contributed by atoms with Gasteiger partial charge in [0.15, 0.2) is 0 Å². The molecule has 4 nitrogen and oxygen atoms in total. The minimum absolute atomic E-state index is 0.0890. The van der Waals surface area contributed by atoms with Crippen molar-refractivity contribution in [3.8, 4) is 0 Å². The molecule has 0 bridgehead atoms. The molecule has 0 aromatic heterocycles. The van der Waals surface area contributed by atoms with Gasteiger partial charge in [-0.25, -0.2) is 0 Å². The van der Waals surface area contributed by atoms with Crippen molar-refractivity contribution in [2.75, 3.05) is 27.2 Å². The maximum Gasteiger partial charge on any atom is 0.254 e. The van der Waals surface area contributed by atoms with Crippen molar-refractivity contribution < 1.29 is 9.53 Å². The Balaban J connectivity index is 2.03. The SMILES string of the molecule is CCc1ccc(CN(C)C(=O)C2(OC)CCNCC2)cc1. The molecular weight excluding hydrogens is 264 g/mol. The lowest BCUT2D eigenvalue weighted by atomic mass is 9.90. The molecule has 1 aromatic carbocycles. The van der Waals surface area contributed by atoms with Gasteiger partial charge in [0.05, 0.1) is 0 Å². The molecule has 1 heterocycles. The molecule has 0 aliphatic carbocycles. The number of nitrogens with one attached hydrogen (secondary N) is 1. The van der Waals surface area contributed by atoms with Gasteiger partial charge >= 0.3 is 0 Å². The minimum Gasteiger partial charge on any atom is -0.368 e. The summed E-state index contributed by atoms with van der Waals surface area (Å²) in [5.41, 5.74) is 1.83. The van der Waals surface area contributed by atoms with E-state index in [0.717, 1.165) is 37.9 Å². The van der Waals surface area contributed by atoms with Gasteiger partial charge in [-0.15, -0.1) is 0 Å².